The van der Waals surface area contributed by atoms with Crippen molar-refractivity contribution in [2.75, 3.05) is 68.7 Å². The number of carbonyl (C=O) groups is 4. The van der Waals surface area contributed by atoms with Crippen molar-refractivity contribution < 1.29 is 47.1 Å². The number of quaternary nitrogens is 2. The minimum Gasteiger partial charge on any atom is -0.465 e. The van der Waals surface area contributed by atoms with Crippen LogP contribution in [0.2, 0.25) is 0 Å². The van der Waals surface area contributed by atoms with Crippen LogP contribution in [0.5, 0.6) is 0 Å². The minimum absolute atomic E-state index is 0.256. The summed E-state index contributed by atoms with van der Waals surface area (Å²) in [4.78, 5) is 47.9. The van der Waals surface area contributed by atoms with Crippen molar-refractivity contribution in [1.82, 2.24) is 0 Å². The predicted octanol–water partition coefficient (Wildman–Crippen LogP) is 0.375. The lowest BCUT2D eigenvalue weighted by atomic mass is 9.92. The summed E-state index contributed by atoms with van der Waals surface area (Å²) in [6.07, 6.45) is 0. The predicted molar refractivity (Wildman–Crippen MR) is 113 cm³/mol. The first-order valence-electron chi connectivity index (χ1n) is 10.1. The van der Waals surface area contributed by atoms with Gasteiger partial charge in [0.15, 0.2) is 12.1 Å². The van der Waals surface area contributed by atoms with E-state index in [2.05, 4.69) is 0 Å². The SMILES string of the molecule is CC(=O)OCC(COC(C)=O)(COC(=O)C(C)[N+](C)(C)C)COC(=O)C(C)[N+](C)(C)C. The third kappa shape index (κ3) is 10.6. The lowest BCUT2D eigenvalue weighted by Crippen LogP contribution is -2.51. The maximum atomic E-state index is 12.5. The fraction of sp³-hybridized carbons (Fsp3) is 0.810. The van der Waals surface area contributed by atoms with Gasteiger partial charge in [0.25, 0.3) is 0 Å². The van der Waals surface area contributed by atoms with E-state index in [1.165, 1.54) is 13.8 Å². The number of esters is 4. The Balaban J connectivity index is 5.64. The van der Waals surface area contributed by atoms with Crippen molar-refractivity contribution in [3.8, 4) is 0 Å². The van der Waals surface area contributed by atoms with Crippen LogP contribution < -0.4 is 0 Å². The minimum atomic E-state index is -1.24. The zero-order chi connectivity index (χ0) is 24.6. The van der Waals surface area contributed by atoms with Crippen LogP contribution >= 0.6 is 0 Å². The van der Waals surface area contributed by atoms with Gasteiger partial charge in [-0.25, -0.2) is 9.59 Å². The van der Waals surface area contributed by atoms with Gasteiger partial charge in [0.2, 0.25) is 0 Å². The molecule has 0 N–H and O–H groups in total. The zero-order valence-corrected chi connectivity index (χ0v) is 20.6. The van der Waals surface area contributed by atoms with E-state index < -0.39 is 41.4 Å². The number of carbonyl (C=O) groups excluding carboxylic acids is 4. The molecule has 0 aromatic carbocycles. The number of hydrogen-bond donors (Lipinski definition) is 0. The number of hydrogen-bond acceptors (Lipinski definition) is 8. The van der Waals surface area contributed by atoms with Gasteiger partial charge in [0.05, 0.1) is 42.3 Å². The van der Waals surface area contributed by atoms with E-state index in [4.69, 9.17) is 18.9 Å². The van der Waals surface area contributed by atoms with Gasteiger partial charge in [-0.2, -0.15) is 0 Å². The van der Waals surface area contributed by atoms with E-state index in [0.717, 1.165) is 0 Å². The first-order chi connectivity index (χ1) is 13.9. The van der Waals surface area contributed by atoms with Crippen molar-refractivity contribution in [2.45, 2.75) is 39.8 Å². The molecule has 0 heterocycles. The number of nitrogens with zero attached hydrogens (tertiary/aromatic N) is 2. The van der Waals surface area contributed by atoms with Crippen molar-refractivity contribution in [2.24, 2.45) is 5.41 Å². The second-order valence-electron chi connectivity index (χ2n) is 9.86. The topological polar surface area (TPSA) is 105 Å². The van der Waals surface area contributed by atoms with Crippen LogP contribution in [0.4, 0.5) is 0 Å². The van der Waals surface area contributed by atoms with Gasteiger partial charge >= 0.3 is 23.9 Å². The quantitative estimate of drug-likeness (QED) is 0.240. The number of rotatable bonds is 12. The largest absolute Gasteiger partial charge is 0.465 e. The molecule has 180 valence electrons. The van der Waals surface area contributed by atoms with Crippen LogP contribution in [0.25, 0.3) is 0 Å². The van der Waals surface area contributed by atoms with Gasteiger partial charge in [-0.3, -0.25) is 9.59 Å². The second kappa shape index (κ2) is 11.4. The first kappa shape index (κ1) is 28.8. The van der Waals surface area contributed by atoms with E-state index >= 15 is 0 Å². The fourth-order valence-corrected chi connectivity index (χ4v) is 2.08. The van der Waals surface area contributed by atoms with Gasteiger partial charge < -0.3 is 27.9 Å². The Morgan fingerprint density at radius 3 is 1.10 bits per heavy atom. The highest BCUT2D eigenvalue weighted by atomic mass is 16.6. The molecule has 0 fully saturated rings. The number of likely N-dealkylation sites (N-methyl/N-ethyl adjacent to an activating group) is 2. The molecule has 0 aromatic heterocycles. The van der Waals surface area contributed by atoms with E-state index in [0.29, 0.717) is 8.97 Å². The van der Waals surface area contributed by atoms with Gasteiger partial charge in [-0.05, 0) is 13.8 Å². The molecule has 2 unspecified atom stereocenters. The average Bonchev–Trinajstić information content (AvgIpc) is 2.63. The molecule has 10 nitrogen and oxygen atoms in total. The summed E-state index contributed by atoms with van der Waals surface area (Å²) >= 11 is 0. The molecule has 0 saturated heterocycles. The van der Waals surface area contributed by atoms with Crippen molar-refractivity contribution in [1.29, 1.82) is 0 Å². The fourth-order valence-electron chi connectivity index (χ4n) is 2.08. The van der Waals surface area contributed by atoms with E-state index in [-0.39, 0.29) is 26.4 Å². The third-order valence-electron chi connectivity index (χ3n) is 5.21. The lowest BCUT2D eigenvalue weighted by molar-refractivity contribution is -0.885. The summed E-state index contributed by atoms with van der Waals surface area (Å²) in [7, 11) is 11.1. The summed E-state index contributed by atoms with van der Waals surface area (Å²) in [5.74, 6) is -2.09. The van der Waals surface area contributed by atoms with Crippen LogP contribution in [0, 0.1) is 5.41 Å². The molecule has 0 amide bonds. The van der Waals surface area contributed by atoms with Crippen LogP contribution in [-0.2, 0) is 38.1 Å². The Morgan fingerprint density at radius 2 is 0.871 bits per heavy atom. The Labute approximate surface area is 185 Å². The average molecular weight is 449 g/mol. The summed E-state index contributed by atoms with van der Waals surface area (Å²) in [5.41, 5.74) is -1.24. The van der Waals surface area contributed by atoms with E-state index in [1.54, 1.807) is 13.8 Å². The molecular formula is C21H40N2O8+2. The Bertz CT molecular complexity index is 593. The molecule has 0 radical (unpaired) electrons. The Kier molecular flexibility index (Phi) is 10.6. The third-order valence-corrected chi connectivity index (χ3v) is 5.21. The second-order valence-corrected chi connectivity index (χ2v) is 9.86. The molecule has 2 atom stereocenters. The standard InChI is InChI=1S/C21H40N2O8/c1-15(22(5,6)7)19(26)30-13-21(11-28-17(3)24,12-29-18(4)25)14-31-20(27)16(2)23(8,9)10/h15-16H,11-14H2,1-10H3/q+2. The molecule has 0 aromatic rings. The molecule has 0 bridgehead atoms. The molecule has 10 heteroatoms. The highest BCUT2D eigenvalue weighted by Crippen LogP contribution is 2.23. The van der Waals surface area contributed by atoms with Gasteiger partial charge in [-0.1, -0.05) is 0 Å². The molecule has 0 saturated carbocycles. The normalized spacial score (nSPS) is 14.3. The van der Waals surface area contributed by atoms with Crippen LogP contribution in [-0.4, -0.2) is 114 Å². The van der Waals surface area contributed by atoms with Crippen LogP contribution in [0.15, 0.2) is 0 Å². The monoisotopic (exact) mass is 448 g/mol. The molecule has 0 spiro atoms. The smallest absolute Gasteiger partial charge is 0.364 e. The van der Waals surface area contributed by atoms with Crippen LogP contribution in [0.3, 0.4) is 0 Å². The molecular weight excluding hydrogens is 408 g/mol. The first-order valence-corrected chi connectivity index (χ1v) is 10.1. The van der Waals surface area contributed by atoms with Crippen LogP contribution in [0.1, 0.15) is 27.7 Å². The molecule has 0 aliphatic rings. The lowest BCUT2D eigenvalue weighted by Gasteiger charge is -2.35. The molecule has 0 aliphatic carbocycles. The summed E-state index contributed by atoms with van der Waals surface area (Å²) < 4.78 is 21.9. The zero-order valence-electron chi connectivity index (χ0n) is 20.6. The van der Waals surface area contributed by atoms with Gasteiger partial charge in [-0.15, -0.1) is 0 Å². The van der Waals surface area contributed by atoms with Gasteiger partial charge in [0, 0.05) is 13.8 Å². The molecule has 0 aliphatic heterocycles. The summed E-state index contributed by atoms with van der Waals surface area (Å²) in [6, 6.07) is -0.943. The van der Waals surface area contributed by atoms with Crippen molar-refractivity contribution in [3.05, 3.63) is 0 Å². The highest BCUT2D eigenvalue weighted by Gasteiger charge is 2.40. The maximum Gasteiger partial charge on any atom is 0.364 e. The highest BCUT2D eigenvalue weighted by molar-refractivity contribution is 5.74. The number of ether oxygens (including phenoxy) is 4. The molecule has 31 heavy (non-hydrogen) atoms. The van der Waals surface area contributed by atoms with E-state index in [9.17, 15) is 19.2 Å². The summed E-state index contributed by atoms with van der Waals surface area (Å²) in [5, 5.41) is 0. The Hall–Kier alpha value is -2.20. The maximum absolute atomic E-state index is 12.5. The van der Waals surface area contributed by atoms with E-state index in [1.807, 2.05) is 42.3 Å². The molecule has 0 rings (SSSR count). The van der Waals surface area contributed by atoms with Crippen molar-refractivity contribution in [3.63, 3.8) is 0 Å². The van der Waals surface area contributed by atoms with Gasteiger partial charge in [0.1, 0.15) is 31.8 Å². The Morgan fingerprint density at radius 1 is 0.613 bits per heavy atom. The van der Waals surface area contributed by atoms with Crippen molar-refractivity contribution >= 4 is 23.9 Å². The summed E-state index contributed by atoms with van der Waals surface area (Å²) in [6.45, 7) is 4.88.